The monoisotopic (exact) mass is 326 g/mol. The molecule has 23 heavy (non-hydrogen) atoms. The molecule has 0 unspecified atom stereocenters. The number of hydrogen-bond donors (Lipinski definition) is 2. The van der Waals surface area contributed by atoms with Crippen molar-refractivity contribution in [2.45, 2.75) is 6.42 Å². The first-order valence-electron chi connectivity index (χ1n) is 7.06. The molecule has 0 aliphatic heterocycles. The molecular formula is C16H14N4O2S. The molecule has 116 valence electrons. The van der Waals surface area contributed by atoms with E-state index in [1.165, 1.54) is 11.3 Å². The maximum absolute atomic E-state index is 12.1. The molecule has 0 saturated heterocycles. The van der Waals surface area contributed by atoms with Crippen LogP contribution in [0.4, 0.5) is 5.69 Å². The number of rotatable bonds is 5. The molecule has 2 aromatic heterocycles. The van der Waals surface area contributed by atoms with E-state index in [1.807, 2.05) is 24.3 Å². The molecule has 0 fully saturated rings. The summed E-state index contributed by atoms with van der Waals surface area (Å²) in [7, 11) is 0. The van der Waals surface area contributed by atoms with Crippen molar-refractivity contribution in [2.24, 2.45) is 0 Å². The molecular weight excluding hydrogens is 312 g/mol. The van der Waals surface area contributed by atoms with E-state index in [0.717, 1.165) is 10.2 Å². The summed E-state index contributed by atoms with van der Waals surface area (Å²) in [5, 5.41) is 5.85. The number of hydrogen-bond acceptors (Lipinski definition) is 5. The highest BCUT2D eigenvalue weighted by Crippen LogP contribution is 2.21. The molecule has 0 aliphatic carbocycles. The van der Waals surface area contributed by atoms with Crippen molar-refractivity contribution in [2.75, 3.05) is 11.9 Å². The Morgan fingerprint density at radius 3 is 2.65 bits per heavy atom. The van der Waals surface area contributed by atoms with Gasteiger partial charge in [0.05, 0.1) is 10.2 Å². The van der Waals surface area contributed by atoms with Crippen molar-refractivity contribution in [3.63, 3.8) is 0 Å². The molecule has 0 radical (unpaired) electrons. The van der Waals surface area contributed by atoms with Crippen LogP contribution in [0.25, 0.3) is 10.2 Å². The summed E-state index contributed by atoms with van der Waals surface area (Å²) in [6, 6.07) is 11.0. The number of para-hydroxylation sites is 1. The van der Waals surface area contributed by atoms with Gasteiger partial charge in [0.25, 0.3) is 5.91 Å². The van der Waals surface area contributed by atoms with E-state index in [-0.39, 0.29) is 24.8 Å². The van der Waals surface area contributed by atoms with Gasteiger partial charge >= 0.3 is 0 Å². The zero-order valence-corrected chi connectivity index (χ0v) is 13.0. The number of nitrogens with one attached hydrogen (secondary N) is 2. The zero-order valence-electron chi connectivity index (χ0n) is 12.2. The van der Waals surface area contributed by atoms with E-state index in [1.54, 1.807) is 24.5 Å². The van der Waals surface area contributed by atoms with Gasteiger partial charge in [-0.2, -0.15) is 0 Å². The third-order valence-electron chi connectivity index (χ3n) is 3.09. The van der Waals surface area contributed by atoms with Crippen LogP contribution in [0.2, 0.25) is 0 Å². The van der Waals surface area contributed by atoms with Crippen LogP contribution >= 0.6 is 11.3 Å². The standard InChI is InChI=1S/C16H14N4O2S/c21-14(19-11-5-8-17-9-6-11)7-10-18-15(22)16-20-12-3-1-2-4-13(12)23-16/h1-6,8-9H,7,10H2,(H,18,22)(H,17,19,21). The van der Waals surface area contributed by atoms with Gasteiger partial charge in [-0.05, 0) is 24.3 Å². The molecule has 2 heterocycles. The fourth-order valence-electron chi connectivity index (χ4n) is 1.99. The van der Waals surface area contributed by atoms with E-state index in [9.17, 15) is 9.59 Å². The first-order chi connectivity index (χ1) is 11.2. The average Bonchev–Trinajstić information content (AvgIpc) is 3.00. The van der Waals surface area contributed by atoms with E-state index in [0.29, 0.717) is 10.7 Å². The fraction of sp³-hybridized carbons (Fsp3) is 0.125. The summed E-state index contributed by atoms with van der Waals surface area (Å²) < 4.78 is 0.966. The number of pyridine rings is 1. The van der Waals surface area contributed by atoms with Crippen LogP contribution in [0.5, 0.6) is 0 Å². The van der Waals surface area contributed by atoms with Gasteiger partial charge in [-0.1, -0.05) is 12.1 Å². The van der Waals surface area contributed by atoms with E-state index < -0.39 is 0 Å². The minimum absolute atomic E-state index is 0.166. The minimum Gasteiger partial charge on any atom is -0.349 e. The maximum Gasteiger partial charge on any atom is 0.280 e. The normalized spacial score (nSPS) is 10.4. The molecule has 0 saturated carbocycles. The number of fused-ring (bicyclic) bond motifs is 1. The van der Waals surface area contributed by atoms with Crippen LogP contribution in [0.1, 0.15) is 16.2 Å². The van der Waals surface area contributed by atoms with E-state index in [2.05, 4.69) is 20.6 Å². The second kappa shape index (κ2) is 6.97. The van der Waals surface area contributed by atoms with Crippen molar-refractivity contribution in [3.8, 4) is 0 Å². The third-order valence-corrected chi connectivity index (χ3v) is 4.12. The number of amides is 2. The van der Waals surface area contributed by atoms with Gasteiger partial charge in [0.2, 0.25) is 5.91 Å². The smallest absolute Gasteiger partial charge is 0.280 e. The first-order valence-corrected chi connectivity index (χ1v) is 7.88. The van der Waals surface area contributed by atoms with Crippen molar-refractivity contribution in [1.29, 1.82) is 0 Å². The summed E-state index contributed by atoms with van der Waals surface area (Å²) in [6.07, 6.45) is 3.40. The lowest BCUT2D eigenvalue weighted by Gasteiger charge is -2.05. The third kappa shape index (κ3) is 3.89. The Kier molecular flexibility index (Phi) is 4.58. The van der Waals surface area contributed by atoms with Crippen molar-refractivity contribution < 1.29 is 9.59 Å². The number of anilines is 1. The zero-order chi connectivity index (χ0) is 16.1. The number of thiazole rings is 1. The largest absolute Gasteiger partial charge is 0.349 e. The Hall–Kier alpha value is -2.80. The molecule has 0 aliphatic rings. The SMILES string of the molecule is O=C(CCNC(=O)c1nc2ccccc2s1)Nc1ccncc1. The van der Waals surface area contributed by atoms with Gasteiger partial charge in [0, 0.05) is 31.0 Å². The molecule has 7 heteroatoms. The maximum atomic E-state index is 12.1. The number of aromatic nitrogens is 2. The average molecular weight is 326 g/mol. The van der Waals surface area contributed by atoms with Crippen LogP contribution < -0.4 is 10.6 Å². The molecule has 0 atom stereocenters. The van der Waals surface area contributed by atoms with Gasteiger partial charge in [-0.3, -0.25) is 14.6 Å². The van der Waals surface area contributed by atoms with E-state index in [4.69, 9.17) is 0 Å². The lowest BCUT2D eigenvalue weighted by Crippen LogP contribution is -2.27. The predicted molar refractivity (Wildman–Crippen MR) is 89.4 cm³/mol. The topological polar surface area (TPSA) is 84.0 Å². The second-order valence-corrected chi connectivity index (χ2v) is 5.81. The van der Waals surface area contributed by atoms with Gasteiger partial charge in [-0.15, -0.1) is 11.3 Å². The summed E-state index contributed by atoms with van der Waals surface area (Å²) in [5.74, 6) is -0.427. The van der Waals surface area contributed by atoms with Crippen molar-refractivity contribution >= 4 is 39.1 Å². The molecule has 6 nitrogen and oxygen atoms in total. The minimum atomic E-state index is -0.261. The molecule has 2 N–H and O–H groups in total. The Labute approximate surface area is 136 Å². The highest BCUT2D eigenvalue weighted by atomic mass is 32.1. The quantitative estimate of drug-likeness (QED) is 0.754. The molecule has 0 spiro atoms. The molecule has 3 aromatic rings. The highest BCUT2D eigenvalue weighted by molar-refractivity contribution is 7.20. The Balaban J connectivity index is 1.50. The van der Waals surface area contributed by atoms with Crippen LogP contribution in [0.15, 0.2) is 48.8 Å². The summed E-state index contributed by atoms with van der Waals surface area (Å²) in [6.45, 7) is 0.256. The fourth-order valence-corrected chi connectivity index (χ4v) is 2.88. The summed E-state index contributed by atoms with van der Waals surface area (Å²) >= 11 is 1.34. The van der Waals surface area contributed by atoms with E-state index >= 15 is 0 Å². The lowest BCUT2D eigenvalue weighted by molar-refractivity contribution is -0.116. The number of carbonyl (C=O) groups excluding carboxylic acids is 2. The molecule has 0 bridgehead atoms. The predicted octanol–water partition coefficient (Wildman–Crippen LogP) is 2.45. The first kappa shape index (κ1) is 15.1. The Morgan fingerprint density at radius 1 is 1.09 bits per heavy atom. The Morgan fingerprint density at radius 2 is 1.87 bits per heavy atom. The summed E-state index contributed by atoms with van der Waals surface area (Å²) in [4.78, 5) is 32.0. The van der Waals surface area contributed by atoms with Gasteiger partial charge in [-0.25, -0.2) is 4.98 Å². The molecule has 1 aromatic carbocycles. The molecule has 2 amide bonds. The van der Waals surface area contributed by atoms with Crippen LogP contribution in [0, 0.1) is 0 Å². The van der Waals surface area contributed by atoms with Gasteiger partial charge < -0.3 is 10.6 Å². The second-order valence-electron chi connectivity index (χ2n) is 4.78. The van der Waals surface area contributed by atoms with Gasteiger partial charge in [0.15, 0.2) is 5.01 Å². The lowest BCUT2D eigenvalue weighted by atomic mass is 10.3. The van der Waals surface area contributed by atoms with Gasteiger partial charge in [0.1, 0.15) is 0 Å². The van der Waals surface area contributed by atoms with Crippen molar-refractivity contribution in [1.82, 2.24) is 15.3 Å². The highest BCUT2D eigenvalue weighted by Gasteiger charge is 2.12. The van der Waals surface area contributed by atoms with Crippen LogP contribution in [0.3, 0.4) is 0 Å². The molecule has 3 rings (SSSR count). The number of carbonyl (C=O) groups is 2. The number of benzene rings is 1. The Bertz CT molecular complexity index is 799. The van der Waals surface area contributed by atoms with Crippen molar-refractivity contribution in [3.05, 3.63) is 53.8 Å². The van der Waals surface area contributed by atoms with Crippen LogP contribution in [-0.4, -0.2) is 28.3 Å². The summed E-state index contributed by atoms with van der Waals surface area (Å²) in [5.41, 5.74) is 1.49. The number of nitrogens with zero attached hydrogens (tertiary/aromatic N) is 2. The van der Waals surface area contributed by atoms with Crippen LogP contribution in [-0.2, 0) is 4.79 Å².